The van der Waals surface area contributed by atoms with E-state index in [4.69, 9.17) is 33.7 Å². The number of carbonyl (C=O) groups is 2. The highest BCUT2D eigenvalue weighted by molar-refractivity contribution is 7.81. The monoisotopic (exact) mass is 760 g/mol. The molecule has 8 rings (SSSR count). The largest absolute Gasteiger partial charge is 0.493 e. The third-order valence-corrected chi connectivity index (χ3v) is 10.6. The number of hydrogen-bond acceptors (Lipinski definition) is 10. The molecule has 0 saturated carbocycles. The second kappa shape index (κ2) is 15.1. The van der Waals surface area contributed by atoms with Crippen LogP contribution in [0.1, 0.15) is 64.1 Å². The van der Waals surface area contributed by atoms with Crippen LogP contribution in [0.2, 0.25) is 0 Å². The lowest BCUT2D eigenvalue weighted by molar-refractivity contribution is 0.0978. The van der Waals surface area contributed by atoms with Crippen molar-refractivity contribution >= 4 is 59.6 Å². The van der Waals surface area contributed by atoms with Gasteiger partial charge in [0.25, 0.3) is 11.8 Å². The number of rotatable bonds is 13. The first-order valence-corrected chi connectivity index (χ1v) is 19.0. The smallest absolute Gasteiger partial charge is 0.261 e. The molecule has 2 amide bonds. The van der Waals surface area contributed by atoms with Gasteiger partial charge >= 0.3 is 0 Å². The van der Waals surface area contributed by atoms with Crippen molar-refractivity contribution in [1.82, 2.24) is 0 Å². The summed E-state index contributed by atoms with van der Waals surface area (Å²) in [4.78, 5) is 40.8. The van der Waals surface area contributed by atoms with E-state index in [0.717, 1.165) is 40.9 Å². The van der Waals surface area contributed by atoms with E-state index in [-0.39, 0.29) is 28.6 Å². The van der Waals surface area contributed by atoms with Crippen molar-refractivity contribution < 1.29 is 33.3 Å². The number of amides is 2. The molecule has 4 aliphatic heterocycles. The van der Waals surface area contributed by atoms with Gasteiger partial charge in [0.1, 0.15) is 0 Å². The maximum atomic E-state index is 14.0. The molecule has 0 spiro atoms. The highest BCUT2D eigenvalue weighted by Crippen LogP contribution is 2.43. The van der Waals surface area contributed by atoms with Gasteiger partial charge in [-0.15, -0.1) is 0 Å². The molecule has 4 heterocycles. The Labute approximate surface area is 326 Å². The number of benzene rings is 4. The predicted octanol–water partition coefficient (Wildman–Crippen LogP) is 7.74. The first-order valence-electron chi connectivity index (χ1n) is 18.6. The van der Waals surface area contributed by atoms with Gasteiger partial charge in [0.15, 0.2) is 23.0 Å². The quantitative estimate of drug-likeness (QED) is 0.110. The van der Waals surface area contributed by atoms with E-state index >= 15 is 0 Å². The second-order valence-electron chi connectivity index (χ2n) is 14.7. The number of aliphatic imine (C=N–C) groups is 2. The maximum Gasteiger partial charge on any atom is 0.261 e. The summed E-state index contributed by atoms with van der Waals surface area (Å²) in [6.45, 7) is 5.92. The van der Waals surface area contributed by atoms with Crippen LogP contribution in [-0.4, -0.2) is 75.1 Å². The summed E-state index contributed by atoms with van der Waals surface area (Å²) in [5, 5.41) is 0. The number of carbonyl (C=O) groups excluding carboxylic acids is 2. The molecule has 4 aromatic rings. The first kappa shape index (κ1) is 36.6. The van der Waals surface area contributed by atoms with Gasteiger partial charge in [-0.3, -0.25) is 29.4 Å². The minimum absolute atomic E-state index is 0.0764. The summed E-state index contributed by atoms with van der Waals surface area (Å²) in [5.74, 6) is 1.61. The van der Waals surface area contributed by atoms with Gasteiger partial charge < -0.3 is 23.7 Å². The molecule has 55 heavy (non-hydrogen) atoms. The van der Waals surface area contributed by atoms with Gasteiger partial charge in [-0.2, -0.15) is 12.6 Å². The average Bonchev–Trinajstić information content (AvgIpc) is 3.66. The van der Waals surface area contributed by atoms with Gasteiger partial charge in [0.2, 0.25) is 0 Å². The van der Waals surface area contributed by atoms with Crippen LogP contribution < -0.4 is 28.7 Å². The lowest BCUT2D eigenvalue weighted by Crippen LogP contribution is -2.37. The molecule has 0 aliphatic carbocycles. The molecule has 0 aromatic heterocycles. The molecule has 2 atom stereocenters. The topological polar surface area (TPSA) is 111 Å². The van der Waals surface area contributed by atoms with Crippen molar-refractivity contribution in [2.75, 3.05) is 43.8 Å². The van der Waals surface area contributed by atoms with Crippen molar-refractivity contribution in [3.63, 3.8) is 0 Å². The Bertz CT molecular complexity index is 2210. The van der Waals surface area contributed by atoms with Crippen LogP contribution in [0.15, 0.2) is 76.7 Å². The van der Waals surface area contributed by atoms with E-state index in [1.807, 2.05) is 58.6 Å². The predicted molar refractivity (Wildman–Crippen MR) is 217 cm³/mol. The van der Waals surface area contributed by atoms with Crippen molar-refractivity contribution in [2.24, 2.45) is 9.98 Å². The zero-order valence-corrected chi connectivity index (χ0v) is 32.3. The zero-order valence-electron chi connectivity index (χ0n) is 31.4. The summed E-state index contributed by atoms with van der Waals surface area (Å²) in [5.41, 5.74) is 7.05. The van der Waals surface area contributed by atoms with Gasteiger partial charge in [-0.05, 0) is 47.4 Å². The van der Waals surface area contributed by atoms with E-state index in [0.29, 0.717) is 84.8 Å². The molecule has 4 aliphatic rings. The molecular weight excluding hydrogens is 717 g/mol. The summed E-state index contributed by atoms with van der Waals surface area (Å²) in [6.07, 6.45) is 6.45. The van der Waals surface area contributed by atoms with E-state index in [2.05, 4.69) is 32.5 Å². The van der Waals surface area contributed by atoms with Crippen LogP contribution in [0.4, 0.5) is 22.7 Å². The summed E-state index contributed by atoms with van der Waals surface area (Å²) < 4.78 is 29.4. The third kappa shape index (κ3) is 7.28. The number of nitrogens with zero attached hydrogens (tertiary/aromatic N) is 4. The molecule has 0 unspecified atom stereocenters. The number of ether oxygens (including phenoxy) is 5. The molecule has 0 bridgehead atoms. The highest BCUT2D eigenvalue weighted by atomic mass is 32.1. The van der Waals surface area contributed by atoms with Gasteiger partial charge in [0.05, 0.1) is 68.6 Å². The van der Waals surface area contributed by atoms with E-state index in [9.17, 15) is 9.59 Å². The Morgan fingerprint density at radius 1 is 0.709 bits per heavy atom. The fourth-order valence-electron chi connectivity index (χ4n) is 7.52. The lowest BCUT2D eigenvalue weighted by Gasteiger charge is -2.22. The molecule has 12 heteroatoms. The van der Waals surface area contributed by atoms with Crippen LogP contribution in [0.25, 0.3) is 0 Å². The molecule has 0 N–H and O–H groups in total. The minimum atomic E-state index is -0.203. The Balaban J connectivity index is 0.902. The van der Waals surface area contributed by atoms with E-state index < -0.39 is 0 Å². The van der Waals surface area contributed by atoms with E-state index in [1.165, 1.54) is 0 Å². The van der Waals surface area contributed by atoms with Crippen LogP contribution in [-0.2, 0) is 24.2 Å². The molecule has 284 valence electrons. The third-order valence-electron chi connectivity index (χ3n) is 10.3. The van der Waals surface area contributed by atoms with Gasteiger partial charge in [-0.25, -0.2) is 0 Å². The highest BCUT2D eigenvalue weighted by Gasteiger charge is 2.38. The summed E-state index contributed by atoms with van der Waals surface area (Å²) in [6, 6.07) is 20.7. The van der Waals surface area contributed by atoms with Crippen LogP contribution in [0.5, 0.6) is 23.0 Å². The van der Waals surface area contributed by atoms with Gasteiger partial charge in [-0.1, -0.05) is 44.2 Å². The number of methoxy groups -OCH3 is 2. The maximum absolute atomic E-state index is 14.0. The van der Waals surface area contributed by atoms with Gasteiger partial charge in [0, 0.05) is 66.6 Å². The molecule has 11 nitrogen and oxygen atoms in total. The number of anilines is 2. The van der Waals surface area contributed by atoms with Crippen LogP contribution in [0, 0.1) is 0 Å². The Kier molecular flexibility index (Phi) is 10.0. The molecule has 0 radical (unpaired) electrons. The van der Waals surface area contributed by atoms with Crippen molar-refractivity contribution in [1.29, 1.82) is 0 Å². The summed E-state index contributed by atoms with van der Waals surface area (Å²) in [7, 11) is 3.11. The number of thiol groups is 1. The Morgan fingerprint density at radius 3 is 1.85 bits per heavy atom. The van der Waals surface area contributed by atoms with E-state index in [1.54, 1.807) is 38.5 Å². The molecule has 4 aromatic carbocycles. The Hall–Kier alpha value is -5.33. The first-order chi connectivity index (χ1) is 26.6. The average molecular weight is 761 g/mol. The SMILES string of the molecule is COc1cc2c(cc1OCCCOc1cc3c(cc1OC)C(=O)N1c4ccc(COCCC(C)(C)S)cc4C[C@H]1C=N3)N=C[C@@H]1Cc3ccccc3N1C2=O. The van der Waals surface area contributed by atoms with Crippen molar-refractivity contribution in [3.05, 3.63) is 94.5 Å². The van der Waals surface area contributed by atoms with Crippen LogP contribution in [0.3, 0.4) is 0 Å². The van der Waals surface area contributed by atoms with Crippen molar-refractivity contribution in [2.45, 2.75) is 63.0 Å². The normalized spacial score (nSPS) is 17.8. The zero-order chi connectivity index (χ0) is 38.3. The number of para-hydroxylation sites is 1. The lowest BCUT2D eigenvalue weighted by atomic mass is 10.1. The fraction of sp³-hybridized carbons (Fsp3) is 0.349. The fourth-order valence-corrected chi connectivity index (χ4v) is 7.61. The molecule has 0 saturated heterocycles. The number of hydrogen-bond donors (Lipinski definition) is 1. The molecular formula is C43H44N4O7S. The van der Waals surface area contributed by atoms with Crippen LogP contribution >= 0.6 is 12.6 Å². The number of fused-ring (bicyclic) bond motifs is 8. The standard InChI is InChI=1S/C43H44N4O7S/c1-43(2,55)12-15-52-25-26-10-11-36-28(16-26)18-30-24-45-34-22-40(38(51-4)20-32(34)42(49)47(30)36)54-14-7-13-53-39-21-33-31(19-37(39)50-3)41(48)46-29(23-44-33)17-27-8-5-6-9-35(27)46/h5-6,8-11,16,19-24,29-30,55H,7,12-15,17-18,25H2,1-4H3/t29-,30-/m0/s1. The Morgan fingerprint density at radius 2 is 1.27 bits per heavy atom. The summed E-state index contributed by atoms with van der Waals surface area (Å²) >= 11 is 4.57. The second-order valence-corrected chi connectivity index (χ2v) is 16.0. The molecule has 0 fully saturated rings. The minimum Gasteiger partial charge on any atom is -0.493 e. The van der Waals surface area contributed by atoms with Crippen molar-refractivity contribution in [3.8, 4) is 23.0 Å².